The molecule has 0 saturated heterocycles. The van der Waals surface area contributed by atoms with Crippen LogP contribution >= 0.6 is 72.0 Å². The maximum absolute atomic E-state index is 10.8. The van der Waals surface area contributed by atoms with Gasteiger partial charge in [-0.2, -0.15) is 0 Å². The molecule has 170 valence electrons. The van der Waals surface area contributed by atoms with Gasteiger partial charge in [-0.3, -0.25) is 9.59 Å². The Kier molecular flexibility index (Phi) is 30.9. The number of halogens is 5. The van der Waals surface area contributed by atoms with Gasteiger partial charge in [-0.1, -0.05) is 68.1 Å². The van der Waals surface area contributed by atoms with Crippen molar-refractivity contribution >= 4 is 83.2 Å². The van der Waals surface area contributed by atoms with Crippen LogP contribution in [-0.4, -0.2) is 36.0 Å². The number of hydrogen-bond donors (Lipinski definition) is 2. The summed E-state index contributed by atoms with van der Waals surface area (Å²) in [5.41, 5.74) is 7.90. The highest BCUT2D eigenvalue weighted by Gasteiger charge is 1.96. The van der Waals surface area contributed by atoms with Crippen molar-refractivity contribution in [2.45, 2.75) is 20.3 Å². The standard InChI is InChI=1S/C10H12ClNO.C8H11N.C2H2Cl2O.CH4.I2/c11-8-10(13)12-7-6-9-4-2-1-3-5-9;9-7-6-8-4-2-1-3-5-8;3-1-2(4)5;;1-2/h1-5H,6-8H2,(H,12,13);1-5H,6-7,9H2;1H2;1H4;. The van der Waals surface area contributed by atoms with Gasteiger partial charge in [-0.15, -0.1) is 23.2 Å². The van der Waals surface area contributed by atoms with Gasteiger partial charge in [0.15, 0.2) is 0 Å². The lowest BCUT2D eigenvalue weighted by molar-refractivity contribution is -0.118. The monoisotopic (exact) mass is 700 g/mol. The molecule has 0 atom stereocenters. The van der Waals surface area contributed by atoms with Gasteiger partial charge < -0.3 is 11.1 Å². The highest BCUT2D eigenvalue weighted by Crippen LogP contribution is 1.98. The topological polar surface area (TPSA) is 72.2 Å². The molecule has 30 heavy (non-hydrogen) atoms. The third-order valence-corrected chi connectivity index (χ3v) is 3.84. The van der Waals surface area contributed by atoms with Gasteiger partial charge in [-0.25, -0.2) is 0 Å². The van der Waals surface area contributed by atoms with E-state index >= 15 is 0 Å². The number of amides is 1. The molecule has 0 unspecified atom stereocenters. The fraction of sp³-hybridized carbons (Fsp3) is 0.333. The van der Waals surface area contributed by atoms with E-state index in [4.69, 9.17) is 40.5 Å². The van der Waals surface area contributed by atoms with Gasteiger partial charge in [0, 0.05) is 43.8 Å². The second kappa shape index (κ2) is 26.9. The third kappa shape index (κ3) is 24.1. The quantitative estimate of drug-likeness (QED) is 0.206. The molecule has 0 bridgehead atoms. The highest BCUT2D eigenvalue weighted by atomic mass is 128. The van der Waals surface area contributed by atoms with E-state index in [-0.39, 0.29) is 25.1 Å². The molecule has 0 radical (unpaired) electrons. The van der Waals surface area contributed by atoms with Gasteiger partial charge >= 0.3 is 0 Å². The molecule has 0 aliphatic heterocycles. The molecule has 2 rings (SSSR count). The first-order valence-corrected chi connectivity index (χ1v) is 16.3. The highest BCUT2D eigenvalue weighted by molar-refractivity contribution is 15.0. The van der Waals surface area contributed by atoms with Crippen LogP contribution in [0.25, 0.3) is 0 Å². The maximum Gasteiger partial charge on any atom is 0.236 e. The van der Waals surface area contributed by atoms with Gasteiger partial charge in [0.2, 0.25) is 11.1 Å². The molecular formula is C21H29Cl3I2N2O2. The zero-order valence-corrected chi connectivity index (χ0v) is 22.4. The molecule has 0 fully saturated rings. The van der Waals surface area contributed by atoms with Crippen LogP contribution in [0.2, 0.25) is 0 Å². The average molecular weight is 702 g/mol. The maximum atomic E-state index is 10.8. The Labute approximate surface area is 218 Å². The summed E-state index contributed by atoms with van der Waals surface area (Å²) < 4.78 is 0. The smallest absolute Gasteiger partial charge is 0.236 e. The number of nitrogens with two attached hydrogens (primary N) is 1. The summed E-state index contributed by atoms with van der Waals surface area (Å²) >= 11 is 19.1. The predicted octanol–water partition coefficient (Wildman–Crippen LogP) is 6.17. The molecule has 0 aliphatic rings. The largest absolute Gasteiger partial charge is 0.355 e. The van der Waals surface area contributed by atoms with Crippen LogP contribution in [0.3, 0.4) is 0 Å². The number of nitrogens with one attached hydrogen (secondary N) is 1. The Morgan fingerprint density at radius 3 is 1.57 bits per heavy atom. The van der Waals surface area contributed by atoms with Crippen LogP contribution < -0.4 is 11.1 Å². The van der Waals surface area contributed by atoms with Crippen molar-refractivity contribution in [1.29, 1.82) is 0 Å². The van der Waals surface area contributed by atoms with Crippen molar-refractivity contribution in [2.24, 2.45) is 5.73 Å². The number of carbonyl (C=O) groups is 2. The van der Waals surface area contributed by atoms with E-state index in [0.29, 0.717) is 6.54 Å². The lowest BCUT2D eigenvalue weighted by atomic mass is 10.1. The fourth-order valence-electron chi connectivity index (χ4n) is 1.85. The van der Waals surface area contributed by atoms with Crippen LogP contribution in [0, 0.1) is 0 Å². The summed E-state index contributed by atoms with van der Waals surface area (Å²) in [5, 5.41) is 2.20. The molecular weight excluding hydrogens is 672 g/mol. The van der Waals surface area contributed by atoms with Gasteiger partial charge in [0.1, 0.15) is 5.88 Å². The Balaban J connectivity index is -0.000000375. The normalized spacial score (nSPS) is 8.47. The SMILES string of the molecule is C.II.NCCc1ccccc1.O=C(CCl)NCCc1ccccc1.O=C(Cl)CCl. The predicted molar refractivity (Wildman–Crippen MR) is 149 cm³/mol. The molecule has 2 aromatic carbocycles. The molecule has 3 N–H and O–H groups in total. The first-order valence-electron chi connectivity index (χ1n) is 8.52. The van der Waals surface area contributed by atoms with E-state index in [1.165, 1.54) is 11.1 Å². The van der Waals surface area contributed by atoms with E-state index in [1.54, 1.807) is 0 Å². The van der Waals surface area contributed by atoms with Crippen molar-refractivity contribution in [2.75, 3.05) is 24.8 Å². The van der Waals surface area contributed by atoms with Crippen molar-refractivity contribution < 1.29 is 9.59 Å². The molecule has 9 heteroatoms. The first-order chi connectivity index (χ1) is 14.0. The average Bonchev–Trinajstić information content (AvgIpc) is 2.77. The lowest BCUT2D eigenvalue weighted by Crippen LogP contribution is -2.26. The summed E-state index contributed by atoms with van der Waals surface area (Å²) in [6.45, 7) is 1.39. The van der Waals surface area contributed by atoms with E-state index in [9.17, 15) is 9.59 Å². The third-order valence-electron chi connectivity index (χ3n) is 3.08. The van der Waals surface area contributed by atoms with Crippen molar-refractivity contribution in [1.82, 2.24) is 5.32 Å². The van der Waals surface area contributed by atoms with Crippen LogP contribution in [0.5, 0.6) is 0 Å². The number of benzene rings is 2. The molecule has 0 heterocycles. The fourth-order valence-corrected chi connectivity index (χ4v) is 1.94. The van der Waals surface area contributed by atoms with E-state index in [1.807, 2.05) is 48.5 Å². The minimum Gasteiger partial charge on any atom is -0.355 e. The van der Waals surface area contributed by atoms with Crippen LogP contribution in [0.15, 0.2) is 60.7 Å². The van der Waals surface area contributed by atoms with Crippen molar-refractivity contribution in [3.05, 3.63) is 71.8 Å². The first kappa shape index (κ1) is 34.5. The van der Waals surface area contributed by atoms with E-state index in [0.717, 1.165) is 19.4 Å². The zero-order valence-electron chi connectivity index (χ0n) is 15.8. The molecule has 1 amide bonds. The Bertz CT molecular complexity index is 637. The van der Waals surface area contributed by atoms with Crippen LogP contribution in [0.1, 0.15) is 18.6 Å². The second-order valence-corrected chi connectivity index (χ2v) is 6.19. The Morgan fingerprint density at radius 1 is 0.833 bits per heavy atom. The summed E-state index contributed by atoms with van der Waals surface area (Å²) in [6, 6.07) is 20.3. The van der Waals surface area contributed by atoms with E-state index in [2.05, 4.69) is 54.7 Å². The Hall–Kier alpha value is -0.130. The number of rotatable bonds is 7. The van der Waals surface area contributed by atoms with Gasteiger partial charge in [0.05, 0.1) is 5.88 Å². The molecule has 2 aromatic rings. The van der Waals surface area contributed by atoms with Gasteiger partial charge in [-0.05, 0) is 42.1 Å². The zero-order chi connectivity index (χ0) is 22.3. The summed E-state index contributed by atoms with van der Waals surface area (Å²) in [6.07, 6.45) is 1.84. The molecule has 0 aliphatic carbocycles. The molecule has 0 aromatic heterocycles. The summed E-state index contributed by atoms with van der Waals surface area (Å²) in [5.74, 6) is -0.173. The molecule has 0 spiro atoms. The van der Waals surface area contributed by atoms with Crippen molar-refractivity contribution in [3.8, 4) is 0 Å². The molecule has 0 saturated carbocycles. The van der Waals surface area contributed by atoms with Crippen molar-refractivity contribution in [3.63, 3.8) is 0 Å². The number of carbonyl (C=O) groups excluding carboxylic acids is 2. The lowest BCUT2D eigenvalue weighted by Gasteiger charge is -2.02. The second-order valence-electron chi connectivity index (χ2n) is 5.23. The summed E-state index contributed by atoms with van der Waals surface area (Å²) in [4.78, 5) is 20.2. The Morgan fingerprint density at radius 2 is 1.23 bits per heavy atom. The van der Waals surface area contributed by atoms with Crippen LogP contribution in [-0.2, 0) is 22.4 Å². The minimum atomic E-state index is -0.508. The van der Waals surface area contributed by atoms with Crippen LogP contribution in [0.4, 0.5) is 0 Å². The minimum absolute atomic E-state index is 0. The van der Waals surface area contributed by atoms with E-state index < -0.39 is 5.24 Å². The number of hydrogen-bond acceptors (Lipinski definition) is 3. The van der Waals surface area contributed by atoms with Gasteiger partial charge in [0.25, 0.3) is 0 Å². The number of alkyl halides is 2. The summed E-state index contributed by atoms with van der Waals surface area (Å²) in [7, 11) is 0. The molecule has 4 nitrogen and oxygen atoms in total.